The second-order valence-corrected chi connectivity index (χ2v) is 7.12. The number of carbonyl (C=O) groups is 1. The normalized spacial score (nSPS) is 20.0. The van der Waals surface area contributed by atoms with Crippen molar-refractivity contribution in [3.8, 4) is 11.5 Å². The third-order valence-corrected chi connectivity index (χ3v) is 5.13. The lowest BCUT2D eigenvalue weighted by Crippen LogP contribution is -2.36. The number of aryl methyl sites for hydroxylation is 1. The van der Waals surface area contributed by atoms with Crippen LogP contribution in [0.25, 0.3) is 0 Å². The minimum absolute atomic E-state index is 0.0539. The Morgan fingerprint density at radius 2 is 2.04 bits per heavy atom. The molecule has 2 N–H and O–H groups in total. The van der Waals surface area contributed by atoms with E-state index in [0.717, 1.165) is 23.4 Å². The number of benzene rings is 1. The molecule has 1 aliphatic rings. The van der Waals surface area contributed by atoms with Crippen LogP contribution in [0.2, 0.25) is 0 Å². The van der Waals surface area contributed by atoms with E-state index in [9.17, 15) is 4.79 Å². The number of aromatic nitrogens is 2. The first kappa shape index (κ1) is 20.2. The molecular weight excluding hydrogens is 356 g/mol. The maximum atomic E-state index is 13.0. The van der Waals surface area contributed by atoms with Crippen LogP contribution in [-0.4, -0.2) is 42.0 Å². The van der Waals surface area contributed by atoms with Gasteiger partial charge in [-0.25, -0.2) is 0 Å². The van der Waals surface area contributed by atoms with Crippen molar-refractivity contribution in [1.82, 2.24) is 20.4 Å². The summed E-state index contributed by atoms with van der Waals surface area (Å²) < 4.78 is 13.1. The molecule has 7 nitrogen and oxygen atoms in total. The van der Waals surface area contributed by atoms with Crippen molar-refractivity contribution in [2.75, 3.05) is 26.3 Å². The first-order valence-corrected chi connectivity index (χ1v) is 9.92. The van der Waals surface area contributed by atoms with Crippen LogP contribution in [0, 0.1) is 5.92 Å². The highest BCUT2D eigenvalue weighted by molar-refractivity contribution is 5.81. The molecule has 152 valence electrons. The molecule has 1 aromatic heterocycles. The van der Waals surface area contributed by atoms with Gasteiger partial charge >= 0.3 is 0 Å². The highest BCUT2D eigenvalue weighted by Crippen LogP contribution is 2.32. The number of hydrogen-bond donors (Lipinski definition) is 2. The van der Waals surface area contributed by atoms with Gasteiger partial charge in [-0.05, 0) is 44.0 Å². The van der Waals surface area contributed by atoms with E-state index in [1.165, 1.54) is 0 Å². The Labute approximate surface area is 166 Å². The average molecular weight is 386 g/mol. The maximum absolute atomic E-state index is 13.0. The predicted octanol–water partition coefficient (Wildman–Crippen LogP) is 2.40. The van der Waals surface area contributed by atoms with E-state index < -0.39 is 0 Å². The minimum Gasteiger partial charge on any atom is -0.490 e. The Balaban J connectivity index is 1.70. The highest BCUT2D eigenvalue weighted by Gasteiger charge is 2.35. The Hall–Kier alpha value is -2.54. The van der Waals surface area contributed by atoms with Crippen LogP contribution in [0.5, 0.6) is 11.5 Å². The summed E-state index contributed by atoms with van der Waals surface area (Å²) in [5.41, 5.74) is 2.09. The summed E-state index contributed by atoms with van der Waals surface area (Å²) in [5.74, 6) is 1.51. The molecule has 0 saturated carbocycles. The van der Waals surface area contributed by atoms with Crippen molar-refractivity contribution in [2.45, 2.75) is 32.7 Å². The SMILES string of the molecule is CCOc1ccc(C(C)NC(=O)[C@H]2CNC[C@@H]2c2cnn(C)c2)cc1OCC. The number of hydrogen-bond acceptors (Lipinski definition) is 5. The Bertz CT molecular complexity index is 805. The van der Waals surface area contributed by atoms with Crippen LogP contribution < -0.4 is 20.1 Å². The molecule has 0 spiro atoms. The van der Waals surface area contributed by atoms with Gasteiger partial charge in [-0.3, -0.25) is 9.48 Å². The zero-order chi connectivity index (χ0) is 20.1. The summed E-state index contributed by atoms with van der Waals surface area (Å²) in [7, 11) is 1.89. The van der Waals surface area contributed by atoms with Gasteiger partial charge in [0.1, 0.15) is 0 Å². The third kappa shape index (κ3) is 4.47. The summed E-state index contributed by atoms with van der Waals surface area (Å²) in [6.07, 6.45) is 3.84. The van der Waals surface area contributed by atoms with Gasteiger partial charge in [0.25, 0.3) is 0 Å². The molecule has 3 atom stereocenters. The fraction of sp³-hybridized carbons (Fsp3) is 0.524. The van der Waals surface area contributed by atoms with E-state index in [4.69, 9.17) is 9.47 Å². The van der Waals surface area contributed by atoms with Crippen molar-refractivity contribution < 1.29 is 14.3 Å². The molecule has 1 aromatic carbocycles. The first-order valence-electron chi connectivity index (χ1n) is 9.92. The lowest BCUT2D eigenvalue weighted by atomic mass is 9.90. The Morgan fingerprint density at radius 1 is 1.29 bits per heavy atom. The minimum atomic E-state index is -0.127. The zero-order valence-electron chi connectivity index (χ0n) is 17.1. The number of ether oxygens (including phenoxy) is 2. The molecule has 3 rings (SSSR count). The Kier molecular flexibility index (Phi) is 6.57. The summed E-state index contributed by atoms with van der Waals surface area (Å²) in [6.45, 7) is 8.48. The van der Waals surface area contributed by atoms with Gasteiger partial charge < -0.3 is 20.1 Å². The van der Waals surface area contributed by atoms with Crippen LogP contribution >= 0.6 is 0 Å². The van der Waals surface area contributed by atoms with E-state index >= 15 is 0 Å². The predicted molar refractivity (Wildman–Crippen MR) is 108 cm³/mol. The van der Waals surface area contributed by atoms with E-state index in [0.29, 0.717) is 25.5 Å². The first-order chi connectivity index (χ1) is 13.5. The molecule has 1 amide bonds. The number of amides is 1. The summed E-state index contributed by atoms with van der Waals surface area (Å²) >= 11 is 0. The fourth-order valence-electron chi connectivity index (χ4n) is 3.68. The molecular formula is C21H30N4O3. The second-order valence-electron chi connectivity index (χ2n) is 7.12. The molecule has 0 radical (unpaired) electrons. The van der Waals surface area contributed by atoms with Crippen LogP contribution in [0.4, 0.5) is 0 Å². The van der Waals surface area contributed by atoms with Crippen LogP contribution in [0.3, 0.4) is 0 Å². The van der Waals surface area contributed by atoms with Gasteiger partial charge in [0.2, 0.25) is 5.91 Å². The second kappa shape index (κ2) is 9.10. The largest absolute Gasteiger partial charge is 0.490 e. The van der Waals surface area contributed by atoms with Crippen molar-refractivity contribution >= 4 is 5.91 Å². The molecule has 7 heteroatoms. The smallest absolute Gasteiger partial charge is 0.225 e. The lowest BCUT2D eigenvalue weighted by molar-refractivity contribution is -0.125. The topological polar surface area (TPSA) is 77.4 Å². The molecule has 28 heavy (non-hydrogen) atoms. The maximum Gasteiger partial charge on any atom is 0.225 e. The van der Waals surface area contributed by atoms with Gasteiger partial charge in [0.05, 0.1) is 31.4 Å². The van der Waals surface area contributed by atoms with Gasteiger partial charge in [-0.15, -0.1) is 0 Å². The Morgan fingerprint density at radius 3 is 2.71 bits per heavy atom. The molecule has 2 heterocycles. The van der Waals surface area contributed by atoms with Gasteiger partial charge in [0, 0.05) is 32.3 Å². The van der Waals surface area contributed by atoms with Crippen LogP contribution in [0.1, 0.15) is 43.9 Å². The molecule has 1 fully saturated rings. The molecule has 1 saturated heterocycles. The molecule has 1 aliphatic heterocycles. The molecule has 0 bridgehead atoms. The van der Waals surface area contributed by atoms with Crippen LogP contribution in [0.15, 0.2) is 30.6 Å². The van der Waals surface area contributed by atoms with Crippen molar-refractivity contribution in [2.24, 2.45) is 13.0 Å². The standard InChI is InChI=1S/C21H30N4O3/c1-5-27-19-8-7-15(9-20(19)28-6-2)14(3)24-21(26)18-12-22-11-17(18)16-10-23-25(4)13-16/h7-10,13-14,17-18,22H,5-6,11-12H2,1-4H3,(H,24,26)/t14?,17-,18+/m1/s1. The monoisotopic (exact) mass is 386 g/mol. The zero-order valence-corrected chi connectivity index (χ0v) is 17.1. The third-order valence-electron chi connectivity index (χ3n) is 5.13. The number of nitrogens with zero attached hydrogens (tertiary/aromatic N) is 2. The quantitative estimate of drug-likeness (QED) is 0.728. The molecule has 2 aromatic rings. The number of carbonyl (C=O) groups excluding carboxylic acids is 1. The number of rotatable bonds is 8. The summed E-state index contributed by atoms with van der Waals surface area (Å²) in [6, 6.07) is 5.70. The van der Waals surface area contributed by atoms with E-state index in [1.807, 2.05) is 58.4 Å². The van der Waals surface area contributed by atoms with Gasteiger partial charge in [-0.2, -0.15) is 5.10 Å². The van der Waals surface area contributed by atoms with E-state index in [-0.39, 0.29) is 23.8 Å². The molecule has 1 unspecified atom stereocenters. The highest BCUT2D eigenvalue weighted by atomic mass is 16.5. The van der Waals surface area contributed by atoms with Crippen molar-refractivity contribution in [1.29, 1.82) is 0 Å². The van der Waals surface area contributed by atoms with Gasteiger partial charge in [0.15, 0.2) is 11.5 Å². The number of nitrogens with one attached hydrogen (secondary N) is 2. The summed E-state index contributed by atoms with van der Waals surface area (Å²) in [5, 5.41) is 10.7. The van der Waals surface area contributed by atoms with Crippen molar-refractivity contribution in [3.63, 3.8) is 0 Å². The molecule has 0 aliphatic carbocycles. The lowest BCUT2D eigenvalue weighted by Gasteiger charge is -2.22. The van der Waals surface area contributed by atoms with E-state index in [1.54, 1.807) is 4.68 Å². The van der Waals surface area contributed by atoms with Crippen LogP contribution in [-0.2, 0) is 11.8 Å². The average Bonchev–Trinajstić information content (AvgIpc) is 3.32. The summed E-state index contributed by atoms with van der Waals surface area (Å²) in [4.78, 5) is 13.0. The van der Waals surface area contributed by atoms with E-state index in [2.05, 4.69) is 15.7 Å². The van der Waals surface area contributed by atoms with Gasteiger partial charge in [-0.1, -0.05) is 6.07 Å². The van der Waals surface area contributed by atoms with Crippen molar-refractivity contribution in [3.05, 3.63) is 41.7 Å². The fourth-order valence-corrected chi connectivity index (χ4v) is 3.68.